The number of ether oxygens (including phenoxy) is 3. The molecule has 0 spiro atoms. The van der Waals surface area contributed by atoms with E-state index >= 15 is 0 Å². The van der Waals surface area contributed by atoms with Crippen molar-refractivity contribution in [2.24, 2.45) is 10.9 Å². The third-order valence-electron chi connectivity index (χ3n) is 5.34. The highest BCUT2D eigenvalue weighted by molar-refractivity contribution is 5.80. The normalized spacial score (nSPS) is 22.8. The number of benzene rings is 1. The van der Waals surface area contributed by atoms with Crippen LogP contribution in [-0.4, -0.2) is 70.1 Å². The smallest absolute Gasteiger partial charge is 0.193 e. The van der Waals surface area contributed by atoms with Crippen LogP contribution in [0.5, 0.6) is 0 Å². The van der Waals surface area contributed by atoms with Crippen molar-refractivity contribution in [3.63, 3.8) is 0 Å². The maximum absolute atomic E-state index is 5.92. The van der Waals surface area contributed by atoms with E-state index < -0.39 is 0 Å². The van der Waals surface area contributed by atoms with Gasteiger partial charge in [-0.3, -0.25) is 4.99 Å². The van der Waals surface area contributed by atoms with Crippen molar-refractivity contribution in [1.29, 1.82) is 0 Å². The minimum Gasteiger partial charge on any atom is -0.379 e. The van der Waals surface area contributed by atoms with Crippen molar-refractivity contribution in [2.45, 2.75) is 38.4 Å². The summed E-state index contributed by atoms with van der Waals surface area (Å²) in [6.45, 7) is 6.80. The fraction of sp³-hybridized carbons (Fsp3) is 0.682. The van der Waals surface area contributed by atoms with Gasteiger partial charge in [0.1, 0.15) is 0 Å². The number of nitrogens with zero attached hydrogens (tertiary/aromatic N) is 2. The Morgan fingerprint density at radius 1 is 1.21 bits per heavy atom. The highest BCUT2D eigenvalue weighted by Crippen LogP contribution is 2.17. The highest BCUT2D eigenvalue weighted by atomic mass is 16.5. The van der Waals surface area contributed by atoms with Crippen LogP contribution in [0, 0.1) is 5.92 Å². The molecule has 2 heterocycles. The van der Waals surface area contributed by atoms with Gasteiger partial charge in [0.25, 0.3) is 0 Å². The van der Waals surface area contributed by atoms with E-state index in [1.165, 1.54) is 12.0 Å². The summed E-state index contributed by atoms with van der Waals surface area (Å²) in [6, 6.07) is 10.4. The van der Waals surface area contributed by atoms with Crippen LogP contribution in [0.25, 0.3) is 0 Å². The quantitative estimate of drug-likeness (QED) is 0.379. The second kappa shape index (κ2) is 12.0. The summed E-state index contributed by atoms with van der Waals surface area (Å²) in [5, 5.41) is 3.47. The van der Waals surface area contributed by atoms with Crippen LogP contribution in [0.4, 0.5) is 0 Å². The van der Waals surface area contributed by atoms with E-state index in [1.54, 1.807) is 0 Å². The zero-order valence-corrected chi connectivity index (χ0v) is 17.1. The van der Waals surface area contributed by atoms with Crippen LogP contribution >= 0.6 is 0 Å². The van der Waals surface area contributed by atoms with E-state index in [4.69, 9.17) is 14.2 Å². The second-order valence-electron chi connectivity index (χ2n) is 7.64. The molecule has 2 aliphatic heterocycles. The molecule has 6 nitrogen and oxygen atoms in total. The number of hydrogen-bond acceptors (Lipinski definition) is 4. The van der Waals surface area contributed by atoms with E-state index in [2.05, 4.69) is 39.5 Å². The van der Waals surface area contributed by atoms with Crippen molar-refractivity contribution in [1.82, 2.24) is 10.2 Å². The zero-order chi connectivity index (χ0) is 19.4. The Balaban J connectivity index is 1.25. The Bertz CT molecular complexity index is 576. The molecule has 3 rings (SSSR count). The lowest BCUT2D eigenvalue weighted by Gasteiger charge is -2.22. The van der Waals surface area contributed by atoms with Gasteiger partial charge in [0.05, 0.1) is 25.9 Å². The Labute approximate surface area is 169 Å². The van der Waals surface area contributed by atoms with Crippen LogP contribution in [0.2, 0.25) is 0 Å². The van der Waals surface area contributed by atoms with Gasteiger partial charge in [0, 0.05) is 45.8 Å². The van der Waals surface area contributed by atoms with E-state index in [-0.39, 0.29) is 0 Å². The van der Waals surface area contributed by atoms with Gasteiger partial charge in [-0.15, -0.1) is 0 Å². The average Bonchev–Trinajstić information content (AvgIpc) is 3.41. The lowest BCUT2D eigenvalue weighted by Crippen LogP contribution is -2.40. The summed E-state index contributed by atoms with van der Waals surface area (Å²) in [4.78, 5) is 6.78. The topological polar surface area (TPSA) is 55.3 Å². The third-order valence-corrected chi connectivity index (χ3v) is 5.34. The summed E-state index contributed by atoms with van der Waals surface area (Å²) in [7, 11) is 1.86. The molecule has 2 aliphatic rings. The molecule has 6 heteroatoms. The predicted octanol–water partition coefficient (Wildman–Crippen LogP) is 2.69. The molecule has 1 aromatic rings. The molecule has 28 heavy (non-hydrogen) atoms. The van der Waals surface area contributed by atoms with E-state index in [9.17, 15) is 0 Å². The zero-order valence-electron chi connectivity index (χ0n) is 17.1. The molecule has 0 bridgehead atoms. The lowest BCUT2D eigenvalue weighted by molar-refractivity contribution is 0.0168. The first-order valence-corrected chi connectivity index (χ1v) is 10.6. The van der Waals surface area contributed by atoms with E-state index in [0.29, 0.717) is 18.6 Å². The number of hydrogen-bond donors (Lipinski definition) is 1. The van der Waals surface area contributed by atoms with Crippen LogP contribution in [0.15, 0.2) is 35.3 Å². The maximum atomic E-state index is 5.92. The Morgan fingerprint density at radius 2 is 2.11 bits per heavy atom. The van der Waals surface area contributed by atoms with E-state index in [1.807, 2.05) is 13.1 Å². The molecule has 2 fully saturated rings. The standard InChI is InChI=1S/C22H35N3O3/c1-23-22(24-11-6-13-26-18-21-9-5-14-28-21)25-12-10-20(15-25)17-27-16-19-7-3-2-4-8-19/h2-4,7-8,20-21H,5-6,9-18H2,1H3,(H,23,24). The van der Waals surface area contributed by atoms with Crippen molar-refractivity contribution in [3.05, 3.63) is 35.9 Å². The average molecular weight is 390 g/mol. The first-order valence-electron chi connectivity index (χ1n) is 10.6. The summed E-state index contributed by atoms with van der Waals surface area (Å²) >= 11 is 0. The van der Waals surface area contributed by atoms with Crippen LogP contribution < -0.4 is 5.32 Å². The highest BCUT2D eigenvalue weighted by Gasteiger charge is 2.24. The van der Waals surface area contributed by atoms with Gasteiger partial charge in [-0.25, -0.2) is 0 Å². The predicted molar refractivity (Wildman–Crippen MR) is 112 cm³/mol. The largest absolute Gasteiger partial charge is 0.379 e. The molecule has 2 saturated heterocycles. The van der Waals surface area contributed by atoms with Crippen molar-refractivity contribution in [2.75, 3.05) is 53.1 Å². The molecule has 0 aliphatic carbocycles. The van der Waals surface area contributed by atoms with Crippen LogP contribution in [0.1, 0.15) is 31.2 Å². The number of guanidine groups is 1. The van der Waals surface area contributed by atoms with E-state index in [0.717, 1.165) is 71.3 Å². The molecular weight excluding hydrogens is 354 g/mol. The van der Waals surface area contributed by atoms with Gasteiger partial charge < -0.3 is 24.4 Å². The Morgan fingerprint density at radius 3 is 2.89 bits per heavy atom. The van der Waals surface area contributed by atoms with Crippen LogP contribution in [-0.2, 0) is 20.8 Å². The SMILES string of the molecule is CN=C(NCCCOCC1CCCO1)N1CCC(COCc2ccccc2)C1. The van der Waals surface area contributed by atoms with Gasteiger partial charge in [-0.2, -0.15) is 0 Å². The van der Waals surface area contributed by atoms with Gasteiger partial charge in [0.15, 0.2) is 5.96 Å². The fourth-order valence-electron chi connectivity index (χ4n) is 3.78. The minimum absolute atomic E-state index is 0.311. The van der Waals surface area contributed by atoms with Gasteiger partial charge in [0.2, 0.25) is 0 Å². The summed E-state index contributed by atoms with van der Waals surface area (Å²) in [5.41, 5.74) is 1.23. The second-order valence-corrected chi connectivity index (χ2v) is 7.64. The number of likely N-dealkylation sites (tertiary alicyclic amines) is 1. The number of rotatable bonds is 10. The van der Waals surface area contributed by atoms with Gasteiger partial charge >= 0.3 is 0 Å². The molecule has 0 aromatic heterocycles. The summed E-state index contributed by atoms with van der Waals surface area (Å²) < 4.78 is 17.2. The van der Waals surface area contributed by atoms with Crippen molar-refractivity contribution >= 4 is 5.96 Å². The third kappa shape index (κ3) is 7.08. The number of aliphatic imine (C=N–C) groups is 1. The lowest BCUT2D eigenvalue weighted by atomic mass is 10.1. The first kappa shape index (κ1) is 21.1. The number of nitrogens with one attached hydrogen (secondary N) is 1. The molecule has 0 amide bonds. The Kier molecular flexibility index (Phi) is 9.07. The Hall–Kier alpha value is -1.63. The molecule has 0 radical (unpaired) electrons. The van der Waals surface area contributed by atoms with Gasteiger partial charge in [-0.1, -0.05) is 30.3 Å². The molecule has 1 aromatic carbocycles. The summed E-state index contributed by atoms with van der Waals surface area (Å²) in [6.07, 6.45) is 4.74. The van der Waals surface area contributed by atoms with Crippen LogP contribution in [0.3, 0.4) is 0 Å². The maximum Gasteiger partial charge on any atom is 0.193 e. The first-order chi connectivity index (χ1) is 13.8. The minimum atomic E-state index is 0.311. The summed E-state index contributed by atoms with van der Waals surface area (Å²) in [5.74, 6) is 1.56. The molecular formula is C22H35N3O3. The van der Waals surface area contributed by atoms with Crippen molar-refractivity contribution < 1.29 is 14.2 Å². The molecule has 1 N–H and O–H groups in total. The van der Waals surface area contributed by atoms with Gasteiger partial charge in [-0.05, 0) is 31.2 Å². The molecule has 2 unspecified atom stereocenters. The monoisotopic (exact) mass is 389 g/mol. The fourth-order valence-corrected chi connectivity index (χ4v) is 3.78. The molecule has 0 saturated carbocycles. The van der Waals surface area contributed by atoms with Crippen molar-refractivity contribution in [3.8, 4) is 0 Å². The molecule has 2 atom stereocenters. The molecule has 156 valence electrons.